The number of rotatable bonds is 12. The third-order valence-corrected chi connectivity index (χ3v) is 10.6. The Balaban J connectivity index is 1.52. The highest BCUT2D eigenvalue weighted by molar-refractivity contribution is 7.10. The summed E-state index contributed by atoms with van der Waals surface area (Å²) in [5.74, 6) is -2.31. The molecule has 1 N–H and O–H groups in total. The zero-order chi connectivity index (χ0) is 38.6. The molecule has 1 fully saturated rings. The molecule has 9 nitrogen and oxygen atoms in total. The van der Waals surface area contributed by atoms with E-state index in [0.29, 0.717) is 42.4 Å². The van der Waals surface area contributed by atoms with E-state index in [-0.39, 0.29) is 51.1 Å². The van der Waals surface area contributed by atoms with Crippen LogP contribution in [0.3, 0.4) is 0 Å². The largest absolute Gasteiger partial charge is 0.493 e. The number of carboxylic acids is 1. The van der Waals surface area contributed by atoms with E-state index >= 15 is 0 Å². The first-order valence-electron chi connectivity index (χ1n) is 17.1. The number of aliphatic carboxylic acids is 1. The summed E-state index contributed by atoms with van der Waals surface area (Å²) in [6.45, 7) is 3.97. The molecule has 286 valence electrons. The Morgan fingerprint density at radius 1 is 1.06 bits per heavy atom. The van der Waals surface area contributed by atoms with Gasteiger partial charge in [0.2, 0.25) is 5.60 Å². The van der Waals surface area contributed by atoms with Crippen LogP contribution in [0.4, 0.5) is 26.3 Å². The highest BCUT2D eigenvalue weighted by atomic mass is 32.1. The molecule has 2 aromatic heterocycles. The molecule has 2 aliphatic rings. The van der Waals surface area contributed by atoms with Gasteiger partial charge in [-0.25, -0.2) is 0 Å². The summed E-state index contributed by atoms with van der Waals surface area (Å²) in [6, 6.07) is 7.56. The molecule has 5 rings (SSSR count). The number of nitrogens with zero attached hydrogens (tertiary/aromatic N) is 3. The van der Waals surface area contributed by atoms with Crippen LogP contribution >= 0.6 is 11.3 Å². The number of piperidine rings is 1. The number of thiophene rings is 1. The third kappa shape index (κ3) is 8.63. The highest BCUT2D eigenvalue weighted by Gasteiger charge is 2.56. The van der Waals surface area contributed by atoms with Gasteiger partial charge in [0.05, 0.1) is 23.8 Å². The second-order valence-electron chi connectivity index (χ2n) is 13.3. The molecule has 2 amide bonds. The molecule has 1 aromatic carbocycles. The van der Waals surface area contributed by atoms with Crippen LogP contribution in [-0.4, -0.2) is 69.0 Å². The molecule has 2 aliphatic heterocycles. The van der Waals surface area contributed by atoms with E-state index in [2.05, 4.69) is 4.98 Å². The number of ether oxygens (including phenoxy) is 2. The number of pyridine rings is 1. The van der Waals surface area contributed by atoms with Gasteiger partial charge in [-0.05, 0) is 37.8 Å². The molecule has 16 heteroatoms. The van der Waals surface area contributed by atoms with Gasteiger partial charge in [-0.2, -0.15) is 26.3 Å². The van der Waals surface area contributed by atoms with Gasteiger partial charge in [0.15, 0.2) is 0 Å². The maximum atomic E-state index is 14.9. The SMILES string of the molecule is CCCC1N(C(=O)c2cnccc2C(F)(F)F)CCCC1(Oc1csc(C(F)(F)F)c1)C(=O)N1C=CC(C)(c2ccccc2OCCCC(=O)O)CC1. The Morgan fingerprint density at radius 2 is 1.81 bits per heavy atom. The lowest BCUT2D eigenvalue weighted by molar-refractivity contribution is -0.157. The number of halogens is 6. The molecule has 4 heterocycles. The normalized spacial score (nSPS) is 22.1. The van der Waals surface area contributed by atoms with Crippen molar-refractivity contribution in [3.8, 4) is 11.5 Å². The van der Waals surface area contributed by atoms with E-state index in [0.717, 1.165) is 29.4 Å². The average molecular weight is 768 g/mol. The summed E-state index contributed by atoms with van der Waals surface area (Å²) < 4.78 is 95.4. The van der Waals surface area contributed by atoms with Crippen molar-refractivity contribution in [3.63, 3.8) is 0 Å². The van der Waals surface area contributed by atoms with E-state index in [9.17, 15) is 40.7 Å². The highest BCUT2D eigenvalue weighted by Crippen LogP contribution is 2.44. The van der Waals surface area contributed by atoms with Crippen LogP contribution < -0.4 is 9.47 Å². The fourth-order valence-corrected chi connectivity index (χ4v) is 7.65. The van der Waals surface area contributed by atoms with Gasteiger partial charge < -0.3 is 24.4 Å². The quantitative estimate of drug-likeness (QED) is 0.146. The molecular weight excluding hydrogens is 728 g/mol. The van der Waals surface area contributed by atoms with Crippen LogP contribution in [0.2, 0.25) is 0 Å². The van der Waals surface area contributed by atoms with Gasteiger partial charge >= 0.3 is 18.3 Å². The van der Waals surface area contributed by atoms with Crippen LogP contribution in [0.1, 0.15) is 85.2 Å². The van der Waals surface area contributed by atoms with E-state index < -0.39 is 63.2 Å². The van der Waals surface area contributed by atoms with Crippen LogP contribution in [-0.2, 0) is 27.4 Å². The lowest BCUT2D eigenvalue weighted by Crippen LogP contribution is -2.67. The maximum absolute atomic E-state index is 14.9. The molecule has 3 aromatic rings. The van der Waals surface area contributed by atoms with Crippen molar-refractivity contribution in [1.82, 2.24) is 14.8 Å². The van der Waals surface area contributed by atoms with E-state index in [4.69, 9.17) is 14.6 Å². The number of allylic oxidation sites excluding steroid dienone is 1. The number of benzene rings is 1. The molecule has 0 aliphatic carbocycles. The van der Waals surface area contributed by atoms with Gasteiger partial charge in [0.25, 0.3) is 11.8 Å². The third-order valence-electron chi connectivity index (χ3n) is 9.61. The zero-order valence-corrected chi connectivity index (χ0v) is 29.8. The number of hydrogen-bond donors (Lipinski definition) is 1. The summed E-state index contributed by atoms with van der Waals surface area (Å²) in [5, 5.41) is 10.1. The Morgan fingerprint density at radius 3 is 2.45 bits per heavy atom. The summed E-state index contributed by atoms with van der Waals surface area (Å²) in [7, 11) is 0. The maximum Gasteiger partial charge on any atom is 0.425 e. The lowest BCUT2D eigenvalue weighted by Gasteiger charge is -2.50. The van der Waals surface area contributed by atoms with Crippen molar-refractivity contribution in [2.45, 2.75) is 88.2 Å². The average Bonchev–Trinajstić information content (AvgIpc) is 3.60. The molecule has 0 bridgehead atoms. The topological polar surface area (TPSA) is 109 Å². The van der Waals surface area contributed by atoms with Gasteiger partial charge in [0.1, 0.15) is 16.4 Å². The number of carbonyl (C=O) groups excluding carboxylic acids is 2. The Hall–Kier alpha value is -4.60. The molecule has 3 unspecified atom stereocenters. The monoisotopic (exact) mass is 767 g/mol. The van der Waals surface area contributed by atoms with Gasteiger partial charge in [-0.15, -0.1) is 11.3 Å². The van der Waals surface area contributed by atoms with E-state index in [1.165, 1.54) is 9.80 Å². The van der Waals surface area contributed by atoms with Crippen LogP contribution in [0.5, 0.6) is 11.5 Å². The van der Waals surface area contributed by atoms with Gasteiger partial charge in [0, 0.05) is 66.9 Å². The second kappa shape index (κ2) is 15.8. The minimum atomic E-state index is -4.88. The number of para-hydroxylation sites is 1. The van der Waals surface area contributed by atoms with E-state index in [1.807, 2.05) is 19.1 Å². The van der Waals surface area contributed by atoms with Crippen molar-refractivity contribution in [3.05, 3.63) is 88.0 Å². The van der Waals surface area contributed by atoms with Crippen molar-refractivity contribution in [2.24, 2.45) is 0 Å². The summed E-state index contributed by atoms with van der Waals surface area (Å²) in [5.41, 5.74) is -3.74. The van der Waals surface area contributed by atoms with Gasteiger partial charge in [-0.1, -0.05) is 44.5 Å². The predicted octanol–water partition coefficient (Wildman–Crippen LogP) is 8.35. The Bertz CT molecular complexity index is 1830. The number of carboxylic acid groups (broad SMARTS) is 1. The smallest absolute Gasteiger partial charge is 0.425 e. The van der Waals surface area contributed by atoms with Crippen LogP contribution in [0.25, 0.3) is 0 Å². The fraction of sp³-hybridized carbons (Fsp3) is 0.459. The second-order valence-corrected chi connectivity index (χ2v) is 14.2. The molecule has 3 atom stereocenters. The van der Waals surface area contributed by atoms with Crippen LogP contribution in [0.15, 0.2) is 66.4 Å². The summed E-state index contributed by atoms with van der Waals surface area (Å²) in [4.78, 5) is 45.2. The molecule has 53 heavy (non-hydrogen) atoms. The van der Waals surface area contributed by atoms with E-state index in [1.54, 1.807) is 31.3 Å². The zero-order valence-electron chi connectivity index (χ0n) is 29.0. The fourth-order valence-electron chi connectivity index (χ4n) is 6.97. The molecular formula is C37H39F6N3O6S. The standard InChI is InChI=1S/C37H39F6N3O6S/c1-3-8-29-35(52-24-21-30(53-23-24)37(41,42)43,13-7-17-46(29)32(49)25-22-44-16-12-26(25)36(38,39)40)33(50)45-18-14-34(2,15-19-45)27-9-4-5-10-28(27)51-20-6-11-31(47)48/h4-5,9-10,12,14,16,18,21-23,29H,3,6-8,11,13,15,17,19-20H2,1-2H3,(H,47,48). The minimum Gasteiger partial charge on any atom is -0.493 e. The van der Waals surface area contributed by atoms with Crippen molar-refractivity contribution < 1.29 is 55.3 Å². The number of likely N-dealkylation sites (tertiary alicyclic amines) is 1. The molecule has 0 spiro atoms. The summed E-state index contributed by atoms with van der Waals surface area (Å²) in [6.07, 6.45) is -3.34. The van der Waals surface area contributed by atoms with Crippen molar-refractivity contribution >= 4 is 29.1 Å². The van der Waals surface area contributed by atoms with Crippen molar-refractivity contribution in [2.75, 3.05) is 19.7 Å². The lowest BCUT2D eigenvalue weighted by atomic mass is 9.76. The Labute approximate surface area is 306 Å². The van der Waals surface area contributed by atoms with Crippen molar-refractivity contribution in [1.29, 1.82) is 0 Å². The van der Waals surface area contributed by atoms with Crippen LogP contribution in [0, 0.1) is 0 Å². The molecule has 0 saturated carbocycles. The minimum absolute atomic E-state index is 0.0225. The summed E-state index contributed by atoms with van der Waals surface area (Å²) >= 11 is 0.378. The number of carbonyl (C=O) groups is 3. The molecule has 0 radical (unpaired) electrons. The first-order valence-corrected chi connectivity index (χ1v) is 18.0. The van der Waals surface area contributed by atoms with Gasteiger partial charge in [-0.3, -0.25) is 19.4 Å². The molecule has 1 saturated heterocycles. The Kier molecular flexibility index (Phi) is 11.8. The first kappa shape index (κ1) is 39.6. The first-order chi connectivity index (χ1) is 25.0. The number of hydrogen-bond acceptors (Lipinski definition) is 7. The number of amides is 2. The number of alkyl halides is 6. The number of aromatic nitrogens is 1. The predicted molar refractivity (Wildman–Crippen MR) is 183 cm³/mol.